The van der Waals surface area contributed by atoms with Gasteiger partial charge < -0.3 is 19.1 Å². The van der Waals surface area contributed by atoms with E-state index in [1.807, 2.05) is 16.8 Å². The van der Waals surface area contributed by atoms with Crippen molar-refractivity contribution < 1.29 is 14.2 Å². The van der Waals surface area contributed by atoms with Crippen LogP contribution in [0.4, 0.5) is 5.69 Å². The van der Waals surface area contributed by atoms with Gasteiger partial charge in [-0.15, -0.1) is 5.10 Å². The highest BCUT2D eigenvalue weighted by Gasteiger charge is 2.31. The lowest BCUT2D eigenvalue weighted by Gasteiger charge is -2.37. The smallest absolute Gasteiger partial charge is 0.178 e. The van der Waals surface area contributed by atoms with Crippen LogP contribution in [0.3, 0.4) is 0 Å². The Bertz CT molecular complexity index is 990. The Kier molecular flexibility index (Phi) is 6.13. The Morgan fingerprint density at radius 1 is 1.03 bits per heavy atom. The second-order valence-corrected chi connectivity index (χ2v) is 7.20. The van der Waals surface area contributed by atoms with Crippen molar-refractivity contribution in [3.05, 3.63) is 59.4 Å². The van der Waals surface area contributed by atoms with Gasteiger partial charge in [0, 0.05) is 19.3 Å². The molecule has 8 nitrogen and oxygen atoms in total. The van der Waals surface area contributed by atoms with Gasteiger partial charge in [0.05, 0.1) is 27.4 Å². The summed E-state index contributed by atoms with van der Waals surface area (Å²) in [7, 11) is 4.97. The Morgan fingerprint density at radius 3 is 2.67 bits per heavy atom. The standard InChI is InChI=1S/C22H27N5O3/c1-28-14-13-27-22(23-24-25-27)21(17-10-11-19(29-2)20(15-17)30-3)26-12-6-8-16-7-4-5-9-18(16)26/h4-5,7,9-11,15,21H,6,8,12-14H2,1-3H3. The van der Waals surface area contributed by atoms with E-state index in [1.165, 1.54) is 11.3 Å². The lowest BCUT2D eigenvalue weighted by Crippen LogP contribution is -2.36. The quantitative estimate of drug-likeness (QED) is 0.566. The second kappa shape index (κ2) is 9.13. The van der Waals surface area contributed by atoms with Crippen LogP contribution in [0.25, 0.3) is 0 Å². The molecule has 1 unspecified atom stereocenters. The average Bonchev–Trinajstić information content (AvgIpc) is 3.26. The number of rotatable bonds is 8. The zero-order chi connectivity index (χ0) is 20.9. The Balaban J connectivity index is 1.84. The number of aromatic nitrogens is 4. The normalized spacial score (nSPS) is 14.3. The van der Waals surface area contributed by atoms with E-state index >= 15 is 0 Å². The molecule has 0 amide bonds. The predicted octanol–water partition coefficient (Wildman–Crippen LogP) is 2.88. The maximum atomic E-state index is 5.57. The van der Waals surface area contributed by atoms with Crippen LogP contribution >= 0.6 is 0 Å². The molecule has 0 radical (unpaired) electrons. The first-order chi connectivity index (χ1) is 14.8. The fourth-order valence-corrected chi connectivity index (χ4v) is 4.07. The fraction of sp³-hybridized carbons (Fsp3) is 0.409. The highest BCUT2D eigenvalue weighted by molar-refractivity contribution is 5.59. The van der Waals surface area contributed by atoms with E-state index in [-0.39, 0.29) is 6.04 Å². The summed E-state index contributed by atoms with van der Waals surface area (Å²) in [5.74, 6) is 2.15. The molecule has 1 atom stereocenters. The van der Waals surface area contributed by atoms with Crippen molar-refractivity contribution in [2.24, 2.45) is 0 Å². The minimum absolute atomic E-state index is 0.168. The number of tetrazole rings is 1. The number of nitrogens with zero attached hydrogens (tertiary/aromatic N) is 5. The third-order valence-electron chi connectivity index (χ3n) is 5.49. The number of anilines is 1. The number of aryl methyl sites for hydroxylation is 1. The van der Waals surface area contributed by atoms with E-state index in [1.54, 1.807) is 21.3 Å². The van der Waals surface area contributed by atoms with Gasteiger partial charge in [-0.3, -0.25) is 0 Å². The maximum Gasteiger partial charge on any atom is 0.178 e. The van der Waals surface area contributed by atoms with Crippen molar-refractivity contribution in [3.8, 4) is 11.5 Å². The van der Waals surface area contributed by atoms with Crippen LogP contribution in [0, 0.1) is 0 Å². The van der Waals surface area contributed by atoms with Crippen LogP contribution in [-0.4, -0.2) is 54.7 Å². The van der Waals surface area contributed by atoms with Gasteiger partial charge in [0.25, 0.3) is 0 Å². The first-order valence-corrected chi connectivity index (χ1v) is 10.1. The minimum atomic E-state index is -0.168. The van der Waals surface area contributed by atoms with Gasteiger partial charge in [-0.05, 0) is 52.6 Å². The van der Waals surface area contributed by atoms with E-state index in [0.717, 1.165) is 30.8 Å². The third-order valence-corrected chi connectivity index (χ3v) is 5.49. The molecule has 0 fully saturated rings. The van der Waals surface area contributed by atoms with Gasteiger partial charge in [0.1, 0.15) is 6.04 Å². The van der Waals surface area contributed by atoms with Crippen LogP contribution in [-0.2, 0) is 17.7 Å². The molecule has 0 bridgehead atoms. The van der Waals surface area contributed by atoms with E-state index in [9.17, 15) is 0 Å². The molecular formula is C22H27N5O3. The van der Waals surface area contributed by atoms with Crippen molar-refractivity contribution in [2.45, 2.75) is 25.4 Å². The maximum absolute atomic E-state index is 5.57. The molecule has 0 saturated heterocycles. The van der Waals surface area contributed by atoms with Crippen LogP contribution in [0.2, 0.25) is 0 Å². The van der Waals surface area contributed by atoms with E-state index in [0.29, 0.717) is 24.7 Å². The zero-order valence-electron chi connectivity index (χ0n) is 17.6. The molecule has 0 aliphatic carbocycles. The van der Waals surface area contributed by atoms with Gasteiger partial charge in [-0.25, -0.2) is 4.68 Å². The van der Waals surface area contributed by atoms with Crippen LogP contribution in [0.5, 0.6) is 11.5 Å². The number of hydrogen-bond donors (Lipinski definition) is 0. The highest BCUT2D eigenvalue weighted by Crippen LogP contribution is 2.39. The number of para-hydroxylation sites is 1. The molecular weight excluding hydrogens is 382 g/mol. The highest BCUT2D eigenvalue weighted by atomic mass is 16.5. The SMILES string of the molecule is COCCn1nnnc1C(c1ccc(OC)c(OC)c1)N1CCCc2ccccc21. The number of ether oxygens (including phenoxy) is 3. The lowest BCUT2D eigenvalue weighted by atomic mass is 9.96. The summed E-state index contributed by atoms with van der Waals surface area (Å²) >= 11 is 0. The molecule has 2 heterocycles. The first-order valence-electron chi connectivity index (χ1n) is 10.1. The Labute approximate surface area is 176 Å². The summed E-state index contributed by atoms with van der Waals surface area (Å²) in [6.45, 7) is 2.03. The molecule has 158 valence electrons. The lowest BCUT2D eigenvalue weighted by molar-refractivity contribution is 0.181. The fourth-order valence-electron chi connectivity index (χ4n) is 4.07. The van der Waals surface area contributed by atoms with Crippen molar-refractivity contribution in [2.75, 3.05) is 39.4 Å². The monoisotopic (exact) mass is 409 g/mol. The van der Waals surface area contributed by atoms with E-state index in [2.05, 4.69) is 50.8 Å². The Morgan fingerprint density at radius 2 is 1.87 bits per heavy atom. The number of hydrogen-bond acceptors (Lipinski definition) is 7. The molecule has 0 saturated carbocycles. The van der Waals surface area contributed by atoms with Crippen LogP contribution < -0.4 is 14.4 Å². The number of methoxy groups -OCH3 is 3. The van der Waals surface area contributed by atoms with Crippen LogP contribution in [0.1, 0.15) is 29.4 Å². The third kappa shape index (κ3) is 3.82. The van der Waals surface area contributed by atoms with Gasteiger partial charge in [-0.2, -0.15) is 0 Å². The first kappa shape index (κ1) is 20.2. The van der Waals surface area contributed by atoms with Gasteiger partial charge in [0.15, 0.2) is 17.3 Å². The predicted molar refractivity (Wildman–Crippen MR) is 113 cm³/mol. The molecule has 3 aromatic rings. The topological polar surface area (TPSA) is 74.5 Å². The molecule has 1 aliphatic rings. The minimum Gasteiger partial charge on any atom is -0.493 e. The number of benzene rings is 2. The second-order valence-electron chi connectivity index (χ2n) is 7.20. The summed E-state index contributed by atoms with van der Waals surface area (Å²) in [4.78, 5) is 2.38. The van der Waals surface area contributed by atoms with Crippen molar-refractivity contribution >= 4 is 5.69 Å². The van der Waals surface area contributed by atoms with Gasteiger partial charge >= 0.3 is 0 Å². The number of fused-ring (bicyclic) bond motifs is 1. The van der Waals surface area contributed by atoms with Crippen molar-refractivity contribution in [1.29, 1.82) is 0 Å². The molecule has 1 aromatic heterocycles. The zero-order valence-corrected chi connectivity index (χ0v) is 17.6. The van der Waals surface area contributed by atoms with Crippen molar-refractivity contribution in [3.63, 3.8) is 0 Å². The molecule has 4 rings (SSSR count). The summed E-state index contributed by atoms with van der Waals surface area (Å²) in [6, 6.07) is 14.4. The molecule has 2 aromatic carbocycles. The van der Waals surface area contributed by atoms with Crippen molar-refractivity contribution in [1.82, 2.24) is 20.2 Å². The largest absolute Gasteiger partial charge is 0.493 e. The molecule has 1 aliphatic heterocycles. The van der Waals surface area contributed by atoms with Gasteiger partial charge in [-0.1, -0.05) is 24.3 Å². The molecule has 30 heavy (non-hydrogen) atoms. The van der Waals surface area contributed by atoms with E-state index < -0.39 is 0 Å². The summed E-state index contributed by atoms with van der Waals surface area (Å²) in [6.07, 6.45) is 2.14. The Hall–Kier alpha value is -3.13. The van der Waals surface area contributed by atoms with Crippen LogP contribution in [0.15, 0.2) is 42.5 Å². The van der Waals surface area contributed by atoms with E-state index in [4.69, 9.17) is 14.2 Å². The van der Waals surface area contributed by atoms with Gasteiger partial charge in [0.2, 0.25) is 0 Å². The summed E-state index contributed by atoms with van der Waals surface area (Å²) in [5.41, 5.74) is 3.59. The molecule has 8 heteroatoms. The molecule has 0 N–H and O–H groups in total. The summed E-state index contributed by atoms with van der Waals surface area (Å²) in [5, 5.41) is 12.6. The summed E-state index contributed by atoms with van der Waals surface area (Å²) < 4.78 is 18.1. The molecule has 0 spiro atoms. The average molecular weight is 409 g/mol.